The summed E-state index contributed by atoms with van der Waals surface area (Å²) in [7, 11) is 1.15. The third-order valence-electron chi connectivity index (χ3n) is 3.48. The van der Waals surface area contributed by atoms with Crippen molar-refractivity contribution in [3.05, 3.63) is 46.8 Å². The molecule has 0 N–H and O–H groups in total. The summed E-state index contributed by atoms with van der Waals surface area (Å²) in [5.41, 5.74) is -0.885. The van der Waals surface area contributed by atoms with E-state index in [0.29, 0.717) is 0 Å². The van der Waals surface area contributed by atoms with Gasteiger partial charge in [-0.05, 0) is 18.8 Å². The largest absolute Gasteiger partial charge is 0.469 e. The minimum absolute atomic E-state index is 0.0752. The molecule has 21 heavy (non-hydrogen) atoms. The van der Waals surface area contributed by atoms with Gasteiger partial charge in [0.2, 0.25) is 5.82 Å². The summed E-state index contributed by atoms with van der Waals surface area (Å²) in [5, 5.41) is 0. The lowest BCUT2D eigenvalue weighted by molar-refractivity contribution is -0.144. The van der Waals surface area contributed by atoms with Gasteiger partial charge < -0.3 is 4.74 Å². The van der Waals surface area contributed by atoms with Crippen LogP contribution in [0.15, 0.2) is 12.2 Å². The van der Waals surface area contributed by atoms with Crippen molar-refractivity contribution >= 4 is 5.97 Å². The van der Waals surface area contributed by atoms with E-state index in [1.165, 1.54) is 12.2 Å². The standard InChI is InChI=1S/C14H11F5O2/c1-21-14(20)7-4-2-3-6(5-7)8-9(15)11(17)13(19)12(18)10(8)16/h2,4,6-7H,3,5H2,1H3/t6-,7-/m1/s1. The van der Waals surface area contributed by atoms with Crippen molar-refractivity contribution in [1.29, 1.82) is 0 Å². The fourth-order valence-corrected chi connectivity index (χ4v) is 2.43. The molecular formula is C14H11F5O2. The number of hydrogen-bond acceptors (Lipinski definition) is 2. The highest BCUT2D eigenvalue weighted by atomic mass is 19.2. The lowest BCUT2D eigenvalue weighted by Gasteiger charge is -2.24. The summed E-state index contributed by atoms with van der Waals surface area (Å²) < 4.78 is 71.4. The Morgan fingerprint density at radius 3 is 2.10 bits per heavy atom. The minimum atomic E-state index is -2.19. The average Bonchev–Trinajstić information content (AvgIpc) is 2.50. The van der Waals surface area contributed by atoms with Crippen LogP contribution in [-0.4, -0.2) is 13.1 Å². The zero-order valence-electron chi connectivity index (χ0n) is 10.9. The molecule has 0 bridgehead atoms. The second-order valence-electron chi connectivity index (χ2n) is 4.71. The number of esters is 1. The maximum Gasteiger partial charge on any atom is 0.312 e. The molecule has 0 radical (unpaired) electrons. The molecule has 0 saturated heterocycles. The summed E-state index contributed by atoms with van der Waals surface area (Å²) in [6, 6.07) is 0. The van der Waals surface area contributed by atoms with E-state index in [4.69, 9.17) is 0 Å². The number of benzene rings is 1. The minimum Gasteiger partial charge on any atom is -0.469 e. The van der Waals surface area contributed by atoms with Crippen molar-refractivity contribution < 1.29 is 31.5 Å². The van der Waals surface area contributed by atoms with Crippen LogP contribution in [0.4, 0.5) is 22.0 Å². The number of allylic oxidation sites excluding steroid dienone is 1. The first-order valence-electron chi connectivity index (χ1n) is 6.14. The van der Waals surface area contributed by atoms with Gasteiger partial charge in [0.25, 0.3) is 0 Å². The molecule has 7 heteroatoms. The maximum atomic E-state index is 13.7. The third-order valence-corrected chi connectivity index (χ3v) is 3.48. The second-order valence-corrected chi connectivity index (χ2v) is 4.71. The van der Waals surface area contributed by atoms with Gasteiger partial charge in [0.15, 0.2) is 23.3 Å². The van der Waals surface area contributed by atoms with Gasteiger partial charge in [-0.15, -0.1) is 0 Å². The molecule has 0 heterocycles. The molecule has 1 aromatic carbocycles. The Bertz CT molecular complexity index is 583. The van der Waals surface area contributed by atoms with Gasteiger partial charge in [-0.1, -0.05) is 12.2 Å². The highest BCUT2D eigenvalue weighted by Crippen LogP contribution is 2.37. The fourth-order valence-electron chi connectivity index (χ4n) is 2.43. The number of carbonyl (C=O) groups is 1. The summed E-state index contributed by atoms with van der Waals surface area (Å²) in [6.07, 6.45) is 2.95. The molecule has 1 aromatic rings. The molecule has 0 spiro atoms. The molecule has 1 aliphatic carbocycles. The molecule has 0 aromatic heterocycles. The molecule has 0 saturated carbocycles. The van der Waals surface area contributed by atoms with Crippen LogP contribution >= 0.6 is 0 Å². The van der Waals surface area contributed by atoms with Gasteiger partial charge >= 0.3 is 5.97 Å². The Morgan fingerprint density at radius 1 is 1.05 bits per heavy atom. The number of carbonyl (C=O) groups excluding carboxylic acids is 1. The van der Waals surface area contributed by atoms with Crippen molar-refractivity contribution in [3.8, 4) is 0 Å². The normalized spacial score (nSPS) is 21.4. The summed E-state index contributed by atoms with van der Waals surface area (Å²) in [4.78, 5) is 11.4. The van der Waals surface area contributed by atoms with E-state index in [1.807, 2.05) is 0 Å². The van der Waals surface area contributed by atoms with Gasteiger partial charge in [-0.25, -0.2) is 22.0 Å². The van der Waals surface area contributed by atoms with Crippen LogP contribution in [0.1, 0.15) is 24.3 Å². The molecule has 0 unspecified atom stereocenters. The summed E-state index contributed by atoms with van der Waals surface area (Å²) in [5.74, 6) is -12.2. The zero-order valence-corrected chi connectivity index (χ0v) is 10.9. The van der Waals surface area contributed by atoms with Crippen LogP contribution in [0.25, 0.3) is 0 Å². The van der Waals surface area contributed by atoms with Crippen molar-refractivity contribution in [2.75, 3.05) is 7.11 Å². The first kappa shape index (κ1) is 15.5. The third kappa shape index (κ3) is 2.64. The molecular weight excluding hydrogens is 295 g/mol. The number of methoxy groups -OCH3 is 1. The Hall–Kier alpha value is -1.92. The quantitative estimate of drug-likeness (QED) is 0.274. The van der Waals surface area contributed by atoms with Crippen molar-refractivity contribution in [1.82, 2.24) is 0 Å². The molecule has 2 nitrogen and oxygen atoms in total. The SMILES string of the molecule is COC(=O)[C@@H]1C=CC[C@@H](c2c(F)c(F)c(F)c(F)c2F)C1. The van der Waals surface area contributed by atoms with E-state index in [1.54, 1.807) is 0 Å². The smallest absolute Gasteiger partial charge is 0.312 e. The predicted octanol–water partition coefficient (Wildman–Crippen LogP) is 3.60. The van der Waals surface area contributed by atoms with Crippen molar-refractivity contribution in [2.24, 2.45) is 5.92 Å². The Morgan fingerprint density at radius 2 is 1.57 bits per heavy atom. The summed E-state index contributed by atoms with van der Waals surface area (Å²) >= 11 is 0. The van der Waals surface area contributed by atoms with Gasteiger partial charge in [-0.3, -0.25) is 4.79 Å². The van der Waals surface area contributed by atoms with Crippen LogP contribution < -0.4 is 0 Å². The summed E-state index contributed by atoms with van der Waals surface area (Å²) in [6.45, 7) is 0. The average molecular weight is 306 g/mol. The fraction of sp³-hybridized carbons (Fsp3) is 0.357. The predicted molar refractivity (Wildman–Crippen MR) is 62.9 cm³/mol. The lowest BCUT2D eigenvalue weighted by Crippen LogP contribution is -2.22. The molecule has 2 rings (SSSR count). The molecule has 0 aliphatic heterocycles. The monoisotopic (exact) mass is 306 g/mol. The second kappa shape index (κ2) is 5.83. The van der Waals surface area contributed by atoms with E-state index >= 15 is 0 Å². The van der Waals surface area contributed by atoms with Crippen LogP contribution in [0, 0.1) is 35.0 Å². The zero-order chi connectivity index (χ0) is 15.7. The van der Waals surface area contributed by atoms with Crippen LogP contribution in [0.3, 0.4) is 0 Å². The Labute approximate surface area is 117 Å². The molecule has 1 aliphatic rings. The van der Waals surface area contributed by atoms with Gasteiger partial charge in [0.05, 0.1) is 13.0 Å². The van der Waals surface area contributed by atoms with Crippen LogP contribution in [0.5, 0.6) is 0 Å². The molecule has 114 valence electrons. The molecule has 0 fully saturated rings. The number of halogens is 5. The van der Waals surface area contributed by atoms with Crippen LogP contribution in [0.2, 0.25) is 0 Å². The number of ether oxygens (including phenoxy) is 1. The van der Waals surface area contributed by atoms with Gasteiger partial charge in [-0.2, -0.15) is 0 Å². The van der Waals surface area contributed by atoms with Crippen molar-refractivity contribution in [3.63, 3.8) is 0 Å². The van der Waals surface area contributed by atoms with Gasteiger partial charge in [0, 0.05) is 5.56 Å². The molecule has 2 atom stereocenters. The van der Waals surface area contributed by atoms with Gasteiger partial charge in [0.1, 0.15) is 0 Å². The first-order chi connectivity index (χ1) is 9.88. The van der Waals surface area contributed by atoms with E-state index in [0.717, 1.165) is 7.11 Å². The van der Waals surface area contributed by atoms with E-state index in [-0.39, 0.29) is 12.8 Å². The number of rotatable bonds is 2. The number of hydrogen-bond donors (Lipinski definition) is 0. The Balaban J connectivity index is 2.44. The lowest BCUT2D eigenvalue weighted by atomic mass is 9.81. The van der Waals surface area contributed by atoms with Crippen molar-refractivity contribution in [2.45, 2.75) is 18.8 Å². The van der Waals surface area contributed by atoms with E-state index < -0.39 is 52.5 Å². The van der Waals surface area contributed by atoms with E-state index in [2.05, 4.69) is 4.74 Å². The maximum absolute atomic E-state index is 13.7. The topological polar surface area (TPSA) is 26.3 Å². The Kier molecular flexibility index (Phi) is 4.29. The van der Waals surface area contributed by atoms with Crippen LogP contribution in [-0.2, 0) is 9.53 Å². The van der Waals surface area contributed by atoms with E-state index in [9.17, 15) is 26.7 Å². The first-order valence-corrected chi connectivity index (χ1v) is 6.14. The highest BCUT2D eigenvalue weighted by molar-refractivity contribution is 5.74. The highest BCUT2D eigenvalue weighted by Gasteiger charge is 2.33. The molecule has 0 amide bonds.